The third-order valence-electron chi connectivity index (χ3n) is 5.06. The van der Waals surface area contributed by atoms with E-state index in [0.717, 1.165) is 48.6 Å². The average Bonchev–Trinajstić information content (AvgIpc) is 2.67. The van der Waals surface area contributed by atoms with E-state index in [1.807, 2.05) is 61.2 Å². The van der Waals surface area contributed by atoms with Crippen molar-refractivity contribution < 1.29 is 14.3 Å². The highest BCUT2D eigenvalue weighted by Gasteiger charge is 2.22. The molecular formula is C23H29NO3. The molecular weight excluding hydrogens is 338 g/mol. The molecule has 0 N–H and O–H groups in total. The van der Waals surface area contributed by atoms with Crippen LogP contribution in [0.1, 0.15) is 48.2 Å². The van der Waals surface area contributed by atoms with Crippen LogP contribution < -0.4 is 9.47 Å². The zero-order valence-electron chi connectivity index (χ0n) is 16.5. The number of rotatable bonds is 6. The van der Waals surface area contributed by atoms with Gasteiger partial charge in [-0.05, 0) is 68.5 Å². The summed E-state index contributed by atoms with van der Waals surface area (Å²) in [5.74, 6) is 2.39. The molecule has 1 saturated heterocycles. The summed E-state index contributed by atoms with van der Waals surface area (Å²) in [7, 11) is 0. The summed E-state index contributed by atoms with van der Waals surface area (Å²) in [4.78, 5) is 14.9. The molecule has 2 aromatic carbocycles. The van der Waals surface area contributed by atoms with E-state index in [4.69, 9.17) is 9.47 Å². The maximum atomic E-state index is 12.9. The Bertz CT molecular complexity index is 779. The highest BCUT2D eigenvalue weighted by Crippen LogP contribution is 2.25. The van der Waals surface area contributed by atoms with Crippen LogP contribution >= 0.6 is 0 Å². The van der Waals surface area contributed by atoms with Crippen molar-refractivity contribution in [1.29, 1.82) is 0 Å². The quantitative estimate of drug-likeness (QED) is 0.733. The highest BCUT2D eigenvalue weighted by atomic mass is 16.5. The molecule has 0 aromatic heterocycles. The summed E-state index contributed by atoms with van der Waals surface area (Å²) in [6.45, 7) is 8.87. The van der Waals surface area contributed by atoms with E-state index >= 15 is 0 Å². The van der Waals surface area contributed by atoms with Gasteiger partial charge in [-0.2, -0.15) is 0 Å². The topological polar surface area (TPSA) is 38.8 Å². The van der Waals surface area contributed by atoms with E-state index in [1.54, 1.807) is 0 Å². The predicted octanol–water partition coefficient (Wildman–Crippen LogP) is 4.84. The van der Waals surface area contributed by atoms with Gasteiger partial charge in [-0.3, -0.25) is 4.79 Å². The fraction of sp³-hybridized carbons (Fsp3) is 0.435. The lowest BCUT2D eigenvalue weighted by Crippen LogP contribution is -2.37. The Kier molecular flexibility index (Phi) is 6.38. The second-order valence-corrected chi connectivity index (χ2v) is 7.34. The summed E-state index contributed by atoms with van der Waals surface area (Å²) >= 11 is 0. The van der Waals surface area contributed by atoms with Gasteiger partial charge in [-0.1, -0.05) is 19.1 Å². The van der Waals surface area contributed by atoms with Crippen LogP contribution in [-0.2, 0) is 6.61 Å². The molecule has 0 spiro atoms. The van der Waals surface area contributed by atoms with Gasteiger partial charge in [0.25, 0.3) is 5.91 Å². The van der Waals surface area contributed by atoms with Gasteiger partial charge in [0.15, 0.2) is 0 Å². The Morgan fingerprint density at radius 3 is 2.59 bits per heavy atom. The Morgan fingerprint density at radius 2 is 1.89 bits per heavy atom. The zero-order chi connectivity index (χ0) is 19.2. The van der Waals surface area contributed by atoms with Crippen LogP contribution in [0.4, 0.5) is 0 Å². The molecule has 0 aliphatic carbocycles. The number of likely N-dealkylation sites (tertiary alicyclic amines) is 1. The maximum absolute atomic E-state index is 12.9. The molecule has 3 rings (SSSR count). The minimum Gasteiger partial charge on any atom is -0.493 e. The summed E-state index contributed by atoms with van der Waals surface area (Å²) in [6.07, 6.45) is 2.15. The van der Waals surface area contributed by atoms with E-state index in [-0.39, 0.29) is 5.91 Å². The van der Waals surface area contributed by atoms with Crippen LogP contribution in [0.3, 0.4) is 0 Å². The number of benzene rings is 2. The van der Waals surface area contributed by atoms with Crippen molar-refractivity contribution in [2.24, 2.45) is 5.92 Å². The van der Waals surface area contributed by atoms with Gasteiger partial charge < -0.3 is 14.4 Å². The van der Waals surface area contributed by atoms with Crippen molar-refractivity contribution in [2.45, 2.75) is 40.2 Å². The van der Waals surface area contributed by atoms with Crippen molar-refractivity contribution in [3.05, 3.63) is 59.2 Å². The molecule has 1 aliphatic rings. The predicted molar refractivity (Wildman–Crippen MR) is 107 cm³/mol. The molecule has 0 bridgehead atoms. The van der Waals surface area contributed by atoms with Gasteiger partial charge in [0.1, 0.15) is 18.1 Å². The number of nitrogens with zero attached hydrogens (tertiary/aromatic N) is 1. The first-order chi connectivity index (χ1) is 13.1. The van der Waals surface area contributed by atoms with Crippen molar-refractivity contribution in [3.63, 3.8) is 0 Å². The number of hydrogen-bond acceptors (Lipinski definition) is 3. The molecule has 2 aromatic rings. The van der Waals surface area contributed by atoms with E-state index in [9.17, 15) is 4.79 Å². The standard InChI is InChI=1S/C23H29NO3/c1-4-26-22-9-8-19(23(25)24-12-10-17(2)11-13-24)15-20(22)16-27-21-7-5-6-18(3)14-21/h5-9,14-15,17H,4,10-13,16H2,1-3H3. The van der Waals surface area contributed by atoms with E-state index < -0.39 is 0 Å². The molecule has 4 heteroatoms. The van der Waals surface area contributed by atoms with Crippen molar-refractivity contribution in [2.75, 3.05) is 19.7 Å². The summed E-state index contributed by atoms with van der Waals surface area (Å²) in [5, 5.41) is 0. The van der Waals surface area contributed by atoms with Crippen LogP contribution in [0.2, 0.25) is 0 Å². The Labute approximate surface area is 162 Å². The van der Waals surface area contributed by atoms with Crippen LogP contribution in [0.15, 0.2) is 42.5 Å². The van der Waals surface area contributed by atoms with Crippen LogP contribution in [0.5, 0.6) is 11.5 Å². The lowest BCUT2D eigenvalue weighted by atomic mass is 9.98. The van der Waals surface area contributed by atoms with Gasteiger partial charge in [0.05, 0.1) is 6.61 Å². The number of carbonyl (C=O) groups excluding carboxylic acids is 1. The minimum atomic E-state index is 0.0988. The van der Waals surface area contributed by atoms with E-state index in [2.05, 4.69) is 6.92 Å². The number of hydrogen-bond donors (Lipinski definition) is 0. The first-order valence-corrected chi connectivity index (χ1v) is 9.81. The minimum absolute atomic E-state index is 0.0988. The largest absolute Gasteiger partial charge is 0.493 e. The summed E-state index contributed by atoms with van der Waals surface area (Å²) in [6, 6.07) is 13.6. The van der Waals surface area contributed by atoms with Gasteiger partial charge in [-0.25, -0.2) is 0 Å². The molecule has 27 heavy (non-hydrogen) atoms. The fourth-order valence-electron chi connectivity index (χ4n) is 3.38. The van der Waals surface area contributed by atoms with Gasteiger partial charge in [0, 0.05) is 24.2 Å². The number of ether oxygens (including phenoxy) is 2. The van der Waals surface area contributed by atoms with Crippen molar-refractivity contribution >= 4 is 5.91 Å². The molecule has 1 fully saturated rings. The monoisotopic (exact) mass is 367 g/mol. The molecule has 144 valence electrons. The molecule has 1 aliphatic heterocycles. The second-order valence-electron chi connectivity index (χ2n) is 7.34. The molecule has 0 unspecified atom stereocenters. The lowest BCUT2D eigenvalue weighted by molar-refractivity contribution is 0.0697. The molecule has 0 radical (unpaired) electrons. The summed E-state index contributed by atoms with van der Waals surface area (Å²) in [5.41, 5.74) is 2.76. The van der Waals surface area contributed by atoms with Crippen LogP contribution in [0, 0.1) is 12.8 Å². The lowest BCUT2D eigenvalue weighted by Gasteiger charge is -2.30. The van der Waals surface area contributed by atoms with Crippen LogP contribution in [0.25, 0.3) is 0 Å². The number of amides is 1. The zero-order valence-corrected chi connectivity index (χ0v) is 16.5. The number of carbonyl (C=O) groups is 1. The Hall–Kier alpha value is -2.49. The first kappa shape index (κ1) is 19.3. The smallest absolute Gasteiger partial charge is 0.253 e. The number of aryl methyl sites for hydroxylation is 1. The van der Waals surface area contributed by atoms with E-state index in [0.29, 0.717) is 24.7 Å². The van der Waals surface area contributed by atoms with E-state index in [1.165, 1.54) is 0 Å². The summed E-state index contributed by atoms with van der Waals surface area (Å²) < 4.78 is 11.7. The molecule has 1 heterocycles. The molecule has 4 nitrogen and oxygen atoms in total. The highest BCUT2D eigenvalue weighted by molar-refractivity contribution is 5.94. The maximum Gasteiger partial charge on any atom is 0.253 e. The molecule has 0 saturated carbocycles. The van der Waals surface area contributed by atoms with Gasteiger partial charge in [0.2, 0.25) is 0 Å². The average molecular weight is 367 g/mol. The first-order valence-electron chi connectivity index (χ1n) is 9.81. The fourth-order valence-corrected chi connectivity index (χ4v) is 3.38. The van der Waals surface area contributed by atoms with Gasteiger partial charge >= 0.3 is 0 Å². The van der Waals surface area contributed by atoms with Crippen molar-refractivity contribution in [1.82, 2.24) is 4.90 Å². The second kappa shape index (κ2) is 8.94. The third kappa shape index (κ3) is 5.03. The molecule has 1 amide bonds. The van der Waals surface area contributed by atoms with Crippen molar-refractivity contribution in [3.8, 4) is 11.5 Å². The normalized spacial score (nSPS) is 14.9. The Balaban J connectivity index is 1.76. The van der Waals surface area contributed by atoms with Crippen LogP contribution in [-0.4, -0.2) is 30.5 Å². The SMILES string of the molecule is CCOc1ccc(C(=O)N2CCC(C)CC2)cc1COc1cccc(C)c1. The Morgan fingerprint density at radius 1 is 1.11 bits per heavy atom. The van der Waals surface area contributed by atoms with Gasteiger partial charge in [-0.15, -0.1) is 0 Å². The number of piperidine rings is 1. The third-order valence-corrected chi connectivity index (χ3v) is 5.06. The molecule has 0 atom stereocenters.